The van der Waals surface area contributed by atoms with E-state index in [1.54, 1.807) is 18.2 Å². The Morgan fingerprint density at radius 3 is 2.42 bits per heavy atom. The molecule has 0 aliphatic carbocycles. The van der Waals surface area contributed by atoms with Crippen LogP contribution in [0.15, 0.2) is 47.4 Å². The summed E-state index contributed by atoms with van der Waals surface area (Å²) in [5.74, 6) is -1.64. The van der Waals surface area contributed by atoms with Gasteiger partial charge >= 0.3 is 5.97 Å². The first-order valence-corrected chi connectivity index (χ1v) is 9.85. The van der Waals surface area contributed by atoms with Crippen LogP contribution in [0.3, 0.4) is 0 Å². The maximum Gasteiger partial charge on any atom is 0.306 e. The molecule has 1 aliphatic rings. The highest BCUT2D eigenvalue weighted by atomic mass is 32.2. The quantitative estimate of drug-likeness (QED) is 0.822. The first-order valence-electron chi connectivity index (χ1n) is 8.36. The van der Waals surface area contributed by atoms with Crippen LogP contribution in [0.4, 0.5) is 0 Å². The molecule has 3 rings (SSSR count). The summed E-state index contributed by atoms with van der Waals surface area (Å²) in [7, 11) is -3.84. The fourth-order valence-electron chi connectivity index (χ4n) is 3.15. The van der Waals surface area contributed by atoms with Crippen LogP contribution >= 0.6 is 0 Å². The van der Waals surface area contributed by atoms with Gasteiger partial charge in [0.1, 0.15) is 0 Å². The maximum atomic E-state index is 12.6. The summed E-state index contributed by atoms with van der Waals surface area (Å²) in [6.45, 7) is 0.306. The third-order valence-electron chi connectivity index (χ3n) is 4.65. The molecular weight excluding hydrogens is 356 g/mol. The van der Waals surface area contributed by atoms with Crippen molar-refractivity contribution in [2.75, 3.05) is 19.6 Å². The number of carbonyl (C=O) groups is 2. The number of piperidine rings is 1. The minimum atomic E-state index is -3.84. The van der Waals surface area contributed by atoms with Crippen LogP contribution in [-0.4, -0.2) is 49.9 Å². The second-order valence-electron chi connectivity index (χ2n) is 6.30. The summed E-state index contributed by atoms with van der Waals surface area (Å²) >= 11 is 0. The number of carboxylic acids is 1. The predicted molar refractivity (Wildman–Crippen MR) is 96.1 cm³/mol. The number of likely N-dealkylation sites (tertiary alicyclic amines) is 1. The van der Waals surface area contributed by atoms with Crippen molar-refractivity contribution in [2.45, 2.75) is 17.7 Å². The van der Waals surface area contributed by atoms with Gasteiger partial charge < -0.3 is 10.0 Å². The molecule has 0 atom stereocenters. The van der Waals surface area contributed by atoms with E-state index in [2.05, 4.69) is 4.72 Å². The largest absolute Gasteiger partial charge is 0.481 e. The average Bonchev–Trinajstić information content (AvgIpc) is 2.65. The molecule has 0 unspecified atom stereocenters. The summed E-state index contributed by atoms with van der Waals surface area (Å²) in [6.07, 6.45) is 0.772. The topological polar surface area (TPSA) is 104 Å². The highest BCUT2D eigenvalue weighted by molar-refractivity contribution is 7.89. The van der Waals surface area contributed by atoms with Crippen LogP contribution in [0.1, 0.15) is 12.8 Å². The molecule has 2 aromatic carbocycles. The van der Waals surface area contributed by atoms with Gasteiger partial charge in [-0.2, -0.15) is 0 Å². The zero-order valence-electron chi connectivity index (χ0n) is 14.1. The lowest BCUT2D eigenvalue weighted by Crippen LogP contribution is -2.45. The normalized spacial score (nSPS) is 15.9. The molecule has 1 saturated heterocycles. The minimum Gasteiger partial charge on any atom is -0.481 e. The highest BCUT2D eigenvalue weighted by Gasteiger charge is 2.27. The number of hydrogen-bond acceptors (Lipinski definition) is 4. The summed E-state index contributed by atoms with van der Waals surface area (Å²) in [6, 6.07) is 12.1. The molecule has 0 aromatic heterocycles. The number of sulfonamides is 1. The van der Waals surface area contributed by atoms with Crippen LogP contribution in [0.2, 0.25) is 0 Å². The molecule has 0 spiro atoms. The molecule has 2 aromatic rings. The second-order valence-corrected chi connectivity index (χ2v) is 8.03. The van der Waals surface area contributed by atoms with Crippen LogP contribution in [-0.2, 0) is 19.6 Å². The number of hydrogen-bond donors (Lipinski definition) is 2. The Morgan fingerprint density at radius 1 is 1.08 bits per heavy atom. The Labute approximate surface area is 151 Å². The van der Waals surface area contributed by atoms with E-state index >= 15 is 0 Å². The van der Waals surface area contributed by atoms with Gasteiger partial charge in [-0.3, -0.25) is 9.59 Å². The van der Waals surface area contributed by atoms with Crippen molar-refractivity contribution in [3.63, 3.8) is 0 Å². The Morgan fingerprint density at radius 2 is 1.73 bits per heavy atom. The highest BCUT2D eigenvalue weighted by Crippen LogP contribution is 2.22. The van der Waals surface area contributed by atoms with Crippen molar-refractivity contribution >= 4 is 32.7 Å². The number of rotatable bonds is 5. The average molecular weight is 376 g/mol. The number of carbonyl (C=O) groups excluding carboxylic acids is 1. The molecule has 138 valence electrons. The summed E-state index contributed by atoms with van der Waals surface area (Å²) in [5, 5.41) is 10.4. The van der Waals surface area contributed by atoms with Gasteiger partial charge in [-0.1, -0.05) is 36.4 Å². The fraction of sp³-hybridized carbons (Fsp3) is 0.333. The zero-order chi connectivity index (χ0) is 18.7. The Balaban J connectivity index is 1.67. The third kappa shape index (κ3) is 3.86. The van der Waals surface area contributed by atoms with E-state index < -0.39 is 21.9 Å². The number of fused-ring (bicyclic) bond motifs is 1. The molecule has 0 bridgehead atoms. The fourth-order valence-corrected chi connectivity index (χ4v) is 4.35. The summed E-state index contributed by atoms with van der Waals surface area (Å²) in [5.41, 5.74) is 0. The Bertz CT molecular complexity index is 928. The molecule has 7 nitrogen and oxygen atoms in total. The number of nitrogens with one attached hydrogen (secondary N) is 1. The van der Waals surface area contributed by atoms with Crippen LogP contribution in [0.25, 0.3) is 10.8 Å². The van der Waals surface area contributed by atoms with Crippen LogP contribution in [0, 0.1) is 5.92 Å². The van der Waals surface area contributed by atoms with Gasteiger partial charge in [0.2, 0.25) is 15.9 Å². The van der Waals surface area contributed by atoms with Crippen LogP contribution < -0.4 is 4.72 Å². The number of carboxylic acid groups (broad SMARTS) is 1. The lowest BCUT2D eigenvalue weighted by molar-refractivity contribution is -0.145. The standard InChI is InChI=1S/C18H20N2O5S/c21-17(20-10-8-14(9-11-20)18(22)23)12-19-26(24,25)16-7-3-5-13-4-1-2-6-15(13)16/h1-7,14,19H,8-12H2,(H,22,23). The smallest absolute Gasteiger partial charge is 0.306 e. The van der Waals surface area contributed by atoms with E-state index in [0.717, 1.165) is 5.39 Å². The lowest BCUT2D eigenvalue weighted by atomic mass is 9.97. The molecule has 1 aliphatic heterocycles. The molecule has 1 heterocycles. The molecule has 26 heavy (non-hydrogen) atoms. The van der Waals surface area contributed by atoms with E-state index in [-0.39, 0.29) is 17.3 Å². The van der Waals surface area contributed by atoms with Gasteiger partial charge in [-0.05, 0) is 24.3 Å². The molecule has 8 heteroatoms. The molecule has 2 N–H and O–H groups in total. The van der Waals surface area contributed by atoms with Crippen molar-refractivity contribution in [1.82, 2.24) is 9.62 Å². The van der Waals surface area contributed by atoms with E-state index in [1.165, 1.54) is 11.0 Å². The van der Waals surface area contributed by atoms with E-state index in [1.807, 2.05) is 18.2 Å². The number of amides is 1. The molecular formula is C18H20N2O5S. The number of nitrogens with zero attached hydrogens (tertiary/aromatic N) is 1. The minimum absolute atomic E-state index is 0.132. The van der Waals surface area contributed by atoms with Crippen molar-refractivity contribution < 1.29 is 23.1 Å². The zero-order valence-corrected chi connectivity index (χ0v) is 14.9. The Kier molecular flexibility index (Phi) is 5.24. The first-order chi connectivity index (χ1) is 12.4. The lowest BCUT2D eigenvalue weighted by Gasteiger charge is -2.30. The van der Waals surface area contributed by atoms with Crippen molar-refractivity contribution in [3.8, 4) is 0 Å². The molecule has 0 radical (unpaired) electrons. The van der Waals surface area contributed by atoms with E-state index in [4.69, 9.17) is 5.11 Å². The van der Waals surface area contributed by atoms with Gasteiger partial charge in [0, 0.05) is 18.5 Å². The SMILES string of the molecule is O=C(O)C1CCN(C(=O)CNS(=O)(=O)c2cccc3ccccc23)CC1. The van der Waals surface area contributed by atoms with Crippen molar-refractivity contribution in [3.05, 3.63) is 42.5 Å². The third-order valence-corrected chi connectivity index (χ3v) is 6.11. The first kappa shape index (κ1) is 18.3. The molecule has 1 fully saturated rings. The van der Waals surface area contributed by atoms with Gasteiger partial charge in [0.15, 0.2) is 0 Å². The second kappa shape index (κ2) is 7.43. The van der Waals surface area contributed by atoms with E-state index in [9.17, 15) is 18.0 Å². The maximum absolute atomic E-state index is 12.6. The molecule has 1 amide bonds. The summed E-state index contributed by atoms with van der Waals surface area (Å²) < 4.78 is 27.6. The number of benzene rings is 2. The van der Waals surface area contributed by atoms with Gasteiger partial charge in [0.25, 0.3) is 0 Å². The summed E-state index contributed by atoms with van der Waals surface area (Å²) in [4.78, 5) is 24.9. The number of aliphatic carboxylic acids is 1. The van der Waals surface area contributed by atoms with Gasteiger partial charge in [-0.15, -0.1) is 0 Å². The predicted octanol–water partition coefficient (Wildman–Crippen LogP) is 1.44. The van der Waals surface area contributed by atoms with Gasteiger partial charge in [-0.25, -0.2) is 13.1 Å². The Hall–Kier alpha value is -2.45. The monoisotopic (exact) mass is 376 g/mol. The van der Waals surface area contributed by atoms with Crippen LogP contribution in [0.5, 0.6) is 0 Å². The van der Waals surface area contributed by atoms with Crippen molar-refractivity contribution in [1.29, 1.82) is 0 Å². The van der Waals surface area contributed by atoms with E-state index in [0.29, 0.717) is 31.3 Å². The van der Waals surface area contributed by atoms with Crippen molar-refractivity contribution in [2.24, 2.45) is 5.92 Å². The molecule has 0 saturated carbocycles. The van der Waals surface area contributed by atoms with Gasteiger partial charge in [0.05, 0.1) is 17.4 Å².